The van der Waals surface area contributed by atoms with Gasteiger partial charge in [-0.25, -0.2) is 9.67 Å². The van der Waals surface area contributed by atoms with Crippen LogP contribution in [-0.2, 0) is 0 Å². The van der Waals surface area contributed by atoms with Crippen molar-refractivity contribution in [1.29, 1.82) is 0 Å². The minimum atomic E-state index is -0.317. The number of hydrogen-bond donors (Lipinski definition) is 1. The van der Waals surface area contributed by atoms with E-state index in [1.54, 1.807) is 41.5 Å². The van der Waals surface area contributed by atoms with Gasteiger partial charge in [0.25, 0.3) is 5.91 Å². The Morgan fingerprint density at radius 3 is 2.68 bits per heavy atom. The Balaban J connectivity index is 1.53. The molecule has 0 radical (unpaired) electrons. The number of aromatic nitrogens is 5. The molecule has 0 saturated heterocycles. The normalized spacial score (nSPS) is 10.9. The number of hydrogen-bond acceptors (Lipinski definition) is 5. The molecule has 5 rings (SSSR count). The van der Waals surface area contributed by atoms with E-state index in [-0.39, 0.29) is 5.91 Å². The topological polar surface area (TPSA) is 86.3 Å². The molecule has 0 spiro atoms. The molecule has 152 valence electrons. The number of fused-ring (bicyclic) bond motifs is 1. The summed E-state index contributed by atoms with van der Waals surface area (Å²) in [4.78, 5) is 21.3. The van der Waals surface area contributed by atoms with Crippen LogP contribution in [0.4, 0.5) is 5.69 Å². The van der Waals surface area contributed by atoms with Crippen molar-refractivity contribution in [3.8, 4) is 22.8 Å². The number of pyridine rings is 3. The second-order valence-corrected chi connectivity index (χ2v) is 6.79. The third kappa shape index (κ3) is 3.40. The molecule has 1 N–H and O–H groups in total. The first-order valence-corrected chi connectivity index (χ1v) is 9.61. The van der Waals surface area contributed by atoms with Gasteiger partial charge in [-0.05, 0) is 48.0 Å². The number of amides is 1. The highest BCUT2D eigenvalue weighted by Gasteiger charge is 2.18. The van der Waals surface area contributed by atoms with E-state index < -0.39 is 0 Å². The minimum absolute atomic E-state index is 0.317. The zero-order chi connectivity index (χ0) is 21.2. The molecular weight excluding hydrogens is 392 g/mol. The predicted octanol–water partition coefficient (Wildman–Crippen LogP) is 3.84. The van der Waals surface area contributed by atoms with Crippen molar-refractivity contribution in [3.63, 3.8) is 0 Å². The van der Waals surface area contributed by atoms with Crippen LogP contribution in [0.3, 0.4) is 0 Å². The Hall–Kier alpha value is -4.46. The van der Waals surface area contributed by atoms with Crippen LogP contribution < -0.4 is 10.1 Å². The predicted molar refractivity (Wildman–Crippen MR) is 116 cm³/mol. The quantitative estimate of drug-likeness (QED) is 0.476. The molecule has 0 fully saturated rings. The first-order valence-electron chi connectivity index (χ1n) is 9.61. The van der Waals surface area contributed by atoms with Crippen molar-refractivity contribution in [2.75, 3.05) is 12.4 Å². The highest BCUT2D eigenvalue weighted by molar-refractivity contribution is 6.04. The lowest BCUT2D eigenvalue weighted by atomic mass is 10.1. The van der Waals surface area contributed by atoms with Crippen LogP contribution in [0.15, 0.2) is 85.6 Å². The number of carbonyl (C=O) groups excluding carboxylic acids is 1. The monoisotopic (exact) mass is 410 g/mol. The van der Waals surface area contributed by atoms with Crippen LogP contribution in [0.5, 0.6) is 5.88 Å². The molecular formula is C23H18N6O2. The van der Waals surface area contributed by atoms with Gasteiger partial charge in [-0.3, -0.25) is 9.78 Å². The van der Waals surface area contributed by atoms with E-state index in [0.717, 1.165) is 22.5 Å². The number of methoxy groups -OCH3 is 1. The fourth-order valence-electron chi connectivity index (χ4n) is 3.46. The molecule has 8 heteroatoms. The molecule has 0 aliphatic heterocycles. The van der Waals surface area contributed by atoms with E-state index in [0.29, 0.717) is 17.3 Å². The Morgan fingerprint density at radius 2 is 1.84 bits per heavy atom. The van der Waals surface area contributed by atoms with Crippen molar-refractivity contribution < 1.29 is 9.53 Å². The summed E-state index contributed by atoms with van der Waals surface area (Å²) in [6.07, 6.45) is 8.77. The minimum Gasteiger partial charge on any atom is -0.480 e. The zero-order valence-electron chi connectivity index (χ0n) is 16.6. The summed E-state index contributed by atoms with van der Waals surface area (Å²) in [6.45, 7) is 0. The average molecular weight is 410 g/mol. The van der Waals surface area contributed by atoms with Gasteiger partial charge in [-0.1, -0.05) is 12.1 Å². The molecule has 8 nitrogen and oxygen atoms in total. The standard InChI is InChI=1S/C23H18N6O2/c1-31-23-19(5-3-12-25-23)27-22(30)20-10-13-26-29(20)21-9-8-18-7-6-17(15-28(18)21)16-4-2-11-24-14-16/h2-15H,1H3,(H,27,30). The van der Waals surface area contributed by atoms with E-state index in [1.807, 2.05) is 53.2 Å². The number of nitrogens with one attached hydrogen (secondary N) is 1. The number of anilines is 1. The second-order valence-electron chi connectivity index (χ2n) is 6.79. The lowest BCUT2D eigenvalue weighted by Gasteiger charge is -2.11. The van der Waals surface area contributed by atoms with Crippen molar-refractivity contribution in [2.45, 2.75) is 0 Å². The second kappa shape index (κ2) is 7.75. The van der Waals surface area contributed by atoms with Crippen molar-refractivity contribution in [2.24, 2.45) is 0 Å². The molecule has 5 aromatic heterocycles. The summed E-state index contributed by atoms with van der Waals surface area (Å²) in [6, 6.07) is 17.0. The number of carbonyl (C=O) groups is 1. The van der Waals surface area contributed by atoms with Crippen molar-refractivity contribution in [1.82, 2.24) is 24.1 Å². The Labute approximate surface area is 177 Å². The van der Waals surface area contributed by atoms with Gasteiger partial charge in [0.1, 0.15) is 17.2 Å². The van der Waals surface area contributed by atoms with Crippen LogP contribution >= 0.6 is 0 Å². The van der Waals surface area contributed by atoms with Crippen molar-refractivity contribution in [3.05, 3.63) is 91.3 Å². The Bertz CT molecular complexity index is 1370. The van der Waals surface area contributed by atoms with E-state index >= 15 is 0 Å². The van der Waals surface area contributed by atoms with Gasteiger partial charge < -0.3 is 14.5 Å². The Morgan fingerprint density at radius 1 is 0.968 bits per heavy atom. The molecule has 31 heavy (non-hydrogen) atoms. The third-order valence-electron chi connectivity index (χ3n) is 4.93. The average Bonchev–Trinajstić information content (AvgIpc) is 3.46. The summed E-state index contributed by atoms with van der Waals surface area (Å²) in [5, 5.41) is 7.24. The lowest BCUT2D eigenvalue weighted by Crippen LogP contribution is -2.18. The van der Waals surface area contributed by atoms with Gasteiger partial charge in [0, 0.05) is 35.9 Å². The summed E-state index contributed by atoms with van der Waals surface area (Å²) < 4.78 is 8.83. The third-order valence-corrected chi connectivity index (χ3v) is 4.93. The van der Waals surface area contributed by atoms with E-state index in [4.69, 9.17) is 4.74 Å². The van der Waals surface area contributed by atoms with Gasteiger partial charge in [-0.15, -0.1) is 0 Å². The molecule has 0 atom stereocenters. The SMILES string of the molecule is COc1ncccc1NC(=O)c1ccnn1-c1ccc2ccc(-c3cccnc3)cn12. The first kappa shape index (κ1) is 18.6. The van der Waals surface area contributed by atoms with Gasteiger partial charge in [-0.2, -0.15) is 5.10 Å². The first-order chi connectivity index (χ1) is 15.2. The van der Waals surface area contributed by atoms with Crippen LogP contribution in [-0.4, -0.2) is 37.2 Å². The molecule has 1 amide bonds. The van der Waals surface area contributed by atoms with Crippen LogP contribution in [0, 0.1) is 0 Å². The number of rotatable bonds is 5. The fraction of sp³-hybridized carbons (Fsp3) is 0.0435. The molecule has 5 heterocycles. The smallest absolute Gasteiger partial charge is 0.274 e. The summed E-state index contributed by atoms with van der Waals surface area (Å²) in [5.41, 5.74) is 3.88. The van der Waals surface area contributed by atoms with Gasteiger partial charge >= 0.3 is 0 Å². The maximum atomic E-state index is 13.0. The van der Waals surface area contributed by atoms with E-state index in [2.05, 4.69) is 20.4 Å². The molecule has 0 bridgehead atoms. The molecule has 5 aromatic rings. The molecule has 0 aromatic carbocycles. The summed E-state index contributed by atoms with van der Waals surface area (Å²) in [5.74, 6) is 0.771. The summed E-state index contributed by atoms with van der Waals surface area (Å²) >= 11 is 0. The molecule has 0 aliphatic carbocycles. The maximum Gasteiger partial charge on any atom is 0.274 e. The summed E-state index contributed by atoms with van der Waals surface area (Å²) in [7, 11) is 1.51. The van der Waals surface area contributed by atoms with Gasteiger partial charge in [0.2, 0.25) is 5.88 Å². The van der Waals surface area contributed by atoms with Crippen LogP contribution in [0.1, 0.15) is 10.5 Å². The number of ether oxygens (including phenoxy) is 1. The lowest BCUT2D eigenvalue weighted by molar-refractivity contribution is 0.101. The molecule has 0 unspecified atom stereocenters. The van der Waals surface area contributed by atoms with Crippen LogP contribution in [0.25, 0.3) is 22.5 Å². The van der Waals surface area contributed by atoms with Crippen LogP contribution in [0.2, 0.25) is 0 Å². The van der Waals surface area contributed by atoms with E-state index in [1.165, 1.54) is 7.11 Å². The maximum absolute atomic E-state index is 13.0. The molecule has 0 saturated carbocycles. The molecule has 0 aliphatic rings. The van der Waals surface area contributed by atoms with Crippen molar-refractivity contribution >= 4 is 17.1 Å². The van der Waals surface area contributed by atoms with Gasteiger partial charge in [0.15, 0.2) is 0 Å². The van der Waals surface area contributed by atoms with Gasteiger partial charge in [0.05, 0.1) is 13.3 Å². The Kier molecular flexibility index (Phi) is 4.64. The highest BCUT2D eigenvalue weighted by atomic mass is 16.5. The zero-order valence-corrected chi connectivity index (χ0v) is 16.6. The fourth-order valence-corrected chi connectivity index (χ4v) is 3.46. The number of nitrogens with zero attached hydrogens (tertiary/aromatic N) is 5. The largest absolute Gasteiger partial charge is 0.480 e. The van der Waals surface area contributed by atoms with E-state index in [9.17, 15) is 4.79 Å². The highest BCUT2D eigenvalue weighted by Crippen LogP contribution is 2.24.